The number of aliphatic hydroxyl groups is 1. The van der Waals surface area contributed by atoms with Crippen LogP contribution in [-0.4, -0.2) is 39.8 Å². The number of hydrogen-bond donors (Lipinski definition) is 2. The van der Waals surface area contributed by atoms with Crippen LogP contribution < -0.4 is 0 Å². The lowest BCUT2D eigenvalue weighted by Gasteiger charge is -2.43. The molecule has 2 unspecified atom stereocenters. The van der Waals surface area contributed by atoms with Crippen LogP contribution in [0, 0.1) is 11.8 Å². The summed E-state index contributed by atoms with van der Waals surface area (Å²) in [6, 6.07) is 0. The van der Waals surface area contributed by atoms with E-state index in [2.05, 4.69) is 0 Å². The maximum atomic E-state index is 14.4. The van der Waals surface area contributed by atoms with Gasteiger partial charge < -0.3 is 14.9 Å². The molecule has 0 aromatic carbocycles. The smallest absolute Gasteiger partial charge is 0.303 e. The number of unbranched alkanes of at least 4 members (excludes halogenated alkanes) is 2. The van der Waals surface area contributed by atoms with Crippen molar-refractivity contribution < 1.29 is 33.3 Å². The van der Waals surface area contributed by atoms with E-state index in [-0.39, 0.29) is 36.9 Å². The number of rotatable bonds is 10. The largest absolute Gasteiger partial charge is 0.481 e. The van der Waals surface area contributed by atoms with Crippen LogP contribution in [0.25, 0.3) is 0 Å². The molecule has 1 saturated heterocycles. The molecule has 5 nitrogen and oxygen atoms in total. The van der Waals surface area contributed by atoms with Gasteiger partial charge in [0.15, 0.2) is 0 Å². The summed E-state index contributed by atoms with van der Waals surface area (Å²) < 4.78 is 34.2. The normalized spacial score (nSPS) is 31.4. The average Bonchev–Trinajstić information content (AvgIpc) is 2.90. The molecule has 2 N–H and O–H groups in total. The van der Waals surface area contributed by atoms with Gasteiger partial charge in [-0.1, -0.05) is 25.5 Å². The molecule has 0 spiro atoms. The third kappa shape index (κ3) is 5.35. The lowest BCUT2D eigenvalue weighted by molar-refractivity contribution is -0.356. The summed E-state index contributed by atoms with van der Waals surface area (Å²) in [4.78, 5) is 22.8. The third-order valence-electron chi connectivity index (χ3n) is 5.71. The summed E-state index contributed by atoms with van der Waals surface area (Å²) in [5.41, 5.74) is 0. The number of carboxylic acids is 1. The number of alkyl halides is 2. The van der Waals surface area contributed by atoms with E-state index in [9.17, 15) is 23.5 Å². The fourth-order valence-corrected chi connectivity index (χ4v) is 4.09. The third-order valence-corrected chi connectivity index (χ3v) is 5.71. The van der Waals surface area contributed by atoms with Gasteiger partial charge in [0.2, 0.25) is 5.79 Å². The van der Waals surface area contributed by atoms with Crippen molar-refractivity contribution in [3.8, 4) is 0 Å². The summed E-state index contributed by atoms with van der Waals surface area (Å²) in [5, 5.41) is 19.0. The summed E-state index contributed by atoms with van der Waals surface area (Å²) in [5.74, 6) is -7.08. The Morgan fingerprint density at radius 3 is 2.78 bits per heavy atom. The molecule has 0 aromatic heterocycles. The molecule has 1 saturated carbocycles. The van der Waals surface area contributed by atoms with E-state index < -0.39 is 30.2 Å². The zero-order chi connectivity index (χ0) is 20.1. The first-order chi connectivity index (χ1) is 12.7. The second kappa shape index (κ2) is 9.24. The number of ketones is 1. The topological polar surface area (TPSA) is 83.8 Å². The number of aliphatic carboxylic acids is 1. The lowest BCUT2D eigenvalue weighted by Crippen LogP contribution is -2.55. The highest BCUT2D eigenvalue weighted by Crippen LogP contribution is 2.49. The van der Waals surface area contributed by atoms with E-state index >= 15 is 0 Å². The summed E-state index contributed by atoms with van der Waals surface area (Å²) in [6.07, 6.45) is 5.57. The van der Waals surface area contributed by atoms with Gasteiger partial charge in [-0.3, -0.25) is 9.59 Å². The second-order valence-electron chi connectivity index (χ2n) is 7.72. The fraction of sp³-hybridized carbons (Fsp3) is 0.800. The van der Waals surface area contributed by atoms with Crippen molar-refractivity contribution in [2.24, 2.45) is 11.8 Å². The Labute approximate surface area is 158 Å². The minimum Gasteiger partial charge on any atom is -0.481 e. The van der Waals surface area contributed by atoms with Gasteiger partial charge >= 0.3 is 11.9 Å². The number of allylic oxidation sites excluding steroid dienone is 2. The van der Waals surface area contributed by atoms with Gasteiger partial charge in [-0.2, -0.15) is 0 Å². The maximum absolute atomic E-state index is 14.4. The summed E-state index contributed by atoms with van der Waals surface area (Å²) in [7, 11) is 0. The number of ether oxygens (including phenoxy) is 1. The van der Waals surface area contributed by atoms with E-state index in [0.29, 0.717) is 38.5 Å². The zero-order valence-electron chi connectivity index (χ0n) is 15.8. The molecule has 1 aliphatic heterocycles. The number of carbonyl (C=O) groups is 2. The molecule has 2 fully saturated rings. The molecule has 2 aliphatic rings. The Morgan fingerprint density at radius 1 is 1.37 bits per heavy atom. The Hall–Kier alpha value is -1.34. The maximum Gasteiger partial charge on any atom is 0.303 e. The first kappa shape index (κ1) is 22.0. The number of Topliss-reactive ketones (excluding diaryl/α,β-unsaturated/α-hetero) is 1. The van der Waals surface area contributed by atoms with Crippen LogP contribution in [0.1, 0.15) is 71.1 Å². The number of halogens is 2. The first-order valence-electron chi connectivity index (χ1n) is 9.87. The van der Waals surface area contributed by atoms with E-state index in [4.69, 9.17) is 9.84 Å². The zero-order valence-corrected chi connectivity index (χ0v) is 15.8. The molecule has 4 atom stereocenters. The Kier molecular flexibility index (Phi) is 7.51. The molecule has 27 heavy (non-hydrogen) atoms. The van der Waals surface area contributed by atoms with Crippen LogP contribution in [-0.2, 0) is 14.3 Å². The van der Waals surface area contributed by atoms with Gasteiger partial charge in [0, 0.05) is 31.6 Å². The van der Waals surface area contributed by atoms with E-state index in [1.165, 1.54) is 0 Å². The number of fused-ring (bicyclic) bond motifs is 1. The summed E-state index contributed by atoms with van der Waals surface area (Å²) in [6.45, 7) is 1.81. The van der Waals surface area contributed by atoms with Crippen molar-refractivity contribution in [2.75, 3.05) is 0 Å². The van der Waals surface area contributed by atoms with Crippen molar-refractivity contribution >= 4 is 11.8 Å². The molecule has 7 heteroatoms. The highest BCUT2D eigenvalue weighted by molar-refractivity contribution is 5.84. The van der Waals surface area contributed by atoms with Crippen molar-refractivity contribution in [3.63, 3.8) is 0 Å². The van der Waals surface area contributed by atoms with Gasteiger partial charge in [-0.15, -0.1) is 0 Å². The van der Waals surface area contributed by atoms with Crippen LogP contribution in [0.15, 0.2) is 12.2 Å². The first-order valence-corrected chi connectivity index (χ1v) is 9.87. The fourth-order valence-electron chi connectivity index (χ4n) is 4.09. The lowest BCUT2D eigenvalue weighted by atomic mass is 9.82. The number of carboxylic acid groups (broad SMARTS) is 1. The minimum absolute atomic E-state index is 0.0127. The molecular formula is C20H30F2O5. The molecule has 0 amide bonds. The summed E-state index contributed by atoms with van der Waals surface area (Å²) >= 11 is 0. The highest BCUT2D eigenvalue weighted by atomic mass is 19.3. The molecule has 1 heterocycles. The average molecular weight is 388 g/mol. The Bertz CT molecular complexity index is 563. The van der Waals surface area contributed by atoms with Gasteiger partial charge in [0.1, 0.15) is 5.78 Å². The van der Waals surface area contributed by atoms with Gasteiger partial charge in [0.05, 0.1) is 6.10 Å². The molecule has 2 rings (SSSR count). The predicted octanol–water partition coefficient (Wildman–Crippen LogP) is 4.09. The van der Waals surface area contributed by atoms with Gasteiger partial charge in [0.25, 0.3) is 0 Å². The van der Waals surface area contributed by atoms with Crippen molar-refractivity contribution in [1.82, 2.24) is 0 Å². The van der Waals surface area contributed by atoms with Gasteiger partial charge in [-0.05, 0) is 38.0 Å². The molecule has 154 valence electrons. The van der Waals surface area contributed by atoms with E-state index in [0.717, 1.165) is 0 Å². The minimum atomic E-state index is -3.32. The van der Waals surface area contributed by atoms with Crippen molar-refractivity contribution in [1.29, 1.82) is 0 Å². The van der Waals surface area contributed by atoms with E-state index in [1.807, 2.05) is 19.1 Å². The van der Waals surface area contributed by atoms with Gasteiger partial charge in [-0.25, -0.2) is 8.78 Å². The predicted molar refractivity (Wildman–Crippen MR) is 95.4 cm³/mol. The number of hydrogen-bond acceptors (Lipinski definition) is 4. The molecule has 0 aromatic rings. The van der Waals surface area contributed by atoms with Crippen LogP contribution in [0.5, 0.6) is 0 Å². The molecule has 0 radical (unpaired) electrons. The van der Waals surface area contributed by atoms with Crippen LogP contribution in [0.4, 0.5) is 8.78 Å². The van der Waals surface area contributed by atoms with Crippen LogP contribution in [0.3, 0.4) is 0 Å². The highest BCUT2D eigenvalue weighted by Gasteiger charge is 2.59. The monoisotopic (exact) mass is 388 g/mol. The second-order valence-corrected chi connectivity index (χ2v) is 7.72. The SMILES string of the molecule is CCCCC(F)(F)C1(O)CC[C@@H]2C(C/C=C\CCCC(=O)O)C(=O)C[C@H]2O1. The number of carbonyl (C=O) groups excluding carboxylic acids is 1. The van der Waals surface area contributed by atoms with Crippen molar-refractivity contribution in [3.05, 3.63) is 12.2 Å². The molecule has 1 aliphatic carbocycles. The molecular weight excluding hydrogens is 358 g/mol. The van der Waals surface area contributed by atoms with E-state index in [1.54, 1.807) is 0 Å². The molecule has 0 bridgehead atoms. The van der Waals surface area contributed by atoms with Crippen LogP contribution in [0.2, 0.25) is 0 Å². The Balaban J connectivity index is 1.90. The quantitative estimate of drug-likeness (QED) is 0.435. The Morgan fingerprint density at radius 2 is 2.11 bits per heavy atom. The standard InChI is InChI=1S/C20H30F2O5/c1-2-3-11-19(21,22)20(26)12-10-15-14(16(23)13-17(15)27-20)8-6-4-5-7-9-18(24)25/h4,6,14-15,17,26H,2-3,5,7-13H2,1H3,(H,24,25)/b6-4-/t14?,15-,17-,20?/m1/s1. The van der Waals surface area contributed by atoms with Crippen molar-refractivity contribution in [2.45, 2.75) is 88.9 Å². The van der Waals surface area contributed by atoms with Crippen LogP contribution >= 0.6 is 0 Å².